The summed E-state index contributed by atoms with van der Waals surface area (Å²) in [6, 6.07) is -0.681. The zero-order chi connectivity index (χ0) is 18.0. The molecular weight excluding hydrogens is 320 g/mol. The first kappa shape index (κ1) is 17.8. The summed E-state index contributed by atoms with van der Waals surface area (Å²) in [7, 11) is 0. The standard InChI is InChI=1S/C14H22N4O6/c1-5-15-11-12(16(6-2)13(15)21)18(8-24-10(4)20)14(22)17(11)7-23-9(3)19/h11-12H,5-8H2,1-4H3/t11-,12+. The molecule has 0 unspecified atom stereocenters. The van der Waals surface area contributed by atoms with Gasteiger partial charge in [-0.15, -0.1) is 0 Å². The molecule has 2 aliphatic rings. The molecule has 0 aromatic rings. The van der Waals surface area contributed by atoms with Gasteiger partial charge in [-0.3, -0.25) is 19.4 Å². The molecule has 24 heavy (non-hydrogen) atoms. The van der Waals surface area contributed by atoms with E-state index in [0.29, 0.717) is 13.1 Å². The number of hydrogen-bond acceptors (Lipinski definition) is 6. The Kier molecular flexibility index (Phi) is 5.15. The van der Waals surface area contributed by atoms with Crippen molar-refractivity contribution in [3.8, 4) is 0 Å². The number of rotatable bonds is 6. The molecule has 0 aromatic heterocycles. The highest BCUT2D eigenvalue weighted by atomic mass is 16.6. The molecule has 2 atom stereocenters. The van der Waals surface area contributed by atoms with Crippen molar-refractivity contribution in [1.29, 1.82) is 0 Å². The van der Waals surface area contributed by atoms with Crippen molar-refractivity contribution in [3.05, 3.63) is 0 Å². The number of fused-ring (bicyclic) bond motifs is 1. The maximum atomic E-state index is 12.7. The summed E-state index contributed by atoms with van der Waals surface area (Å²) in [6.07, 6.45) is -1.21. The maximum Gasteiger partial charge on any atom is 0.328 e. The van der Waals surface area contributed by atoms with E-state index in [1.54, 1.807) is 13.8 Å². The largest absolute Gasteiger partial charge is 0.444 e. The van der Waals surface area contributed by atoms with Crippen LogP contribution < -0.4 is 0 Å². The van der Waals surface area contributed by atoms with Crippen molar-refractivity contribution in [2.45, 2.75) is 40.0 Å². The molecule has 4 amide bonds. The predicted octanol–water partition coefficient (Wildman–Crippen LogP) is 0.195. The Morgan fingerprint density at radius 2 is 1.12 bits per heavy atom. The number of esters is 2. The lowest BCUT2D eigenvalue weighted by molar-refractivity contribution is -0.146. The molecule has 2 saturated heterocycles. The molecule has 2 rings (SSSR count). The average molecular weight is 342 g/mol. The lowest BCUT2D eigenvalue weighted by Crippen LogP contribution is -2.47. The number of amides is 4. The highest BCUT2D eigenvalue weighted by Crippen LogP contribution is 2.34. The zero-order valence-corrected chi connectivity index (χ0v) is 14.2. The fourth-order valence-electron chi connectivity index (χ4n) is 2.99. The summed E-state index contributed by atoms with van der Waals surface area (Å²) in [6.45, 7) is 6.33. The maximum absolute atomic E-state index is 12.7. The van der Waals surface area contributed by atoms with E-state index in [0.717, 1.165) is 0 Å². The van der Waals surface area contributed by atoms with Gasteiger partial charge in [0.25, 0.3) is 0 Å². The van der Waals surface area contributed by atoms with Gasteiger partial charge in [0.2, 0.25) is 0 Å². The first-order chi connectivity index (χ1) is 11.3. The van der Waals surface area contributed by atoms with E-state index in [1.807, 2.05) is 0 Å². The Labute approximate surface area is 139 Å². The molecule has 134 valence electrons. The van der Waals surface area contributed by atoms with Crippen LogP contribution in [-0.4, -0.2) is 82.5 Å². The molecular formula is C14H22N4O6. The van der Waals surface area contributed by atoms with E-state index in [1.165, 1.54) is 33.4 Å². The number of hydrogen-bond donors (Lipinski definition) is 0. The highest BCUT2D eigenvalue weighted by molar-refractivity contribution is 5.85. The summed E-state index contributed by atoms with van der Waals surface area (Å²) >= 11 is 0. The number of carbonyl (C=O) groups excluding carboxylic acids is 4. The van der Waals surface area contributed by atoms with E-state index in [9.17, 15) is 19.2 Å². The van der Waals surface area contributed by atoms with E-state index in [-0.39, 0.29) is 19.5 Å². The van der Waals surface area contributed by atoms with E-state index < -0.39 is 30.3 Å². The lowest BCUT2D eigenvalue weighted by Gasteiger charge is -2.28. The molecule has 10 heteroatoms. The van der Waals surface area contributed by atoms with Crippen molar-refractivity contribution in [2.75, 3.05) is 26.6 Å². The fourth-order valence-corrected chi connectivity index (χ4v) is 2.99. The summed E-state index contributed by atoms with van der Waals surface area (Å²) in [5.74, 6) is -1.06. The second-order valence-corrected chi connectivity index (χ2v) is 5.43. The Bertz CT molecular complexity index is 509. The van der Waals surface area contributed by atoms with Gasteiger partial charge in [0.05, 0.1) is 0 Å². The summed E-state index contributed by atoms with van der Waals surface area (Å²) in [4.78, 5) is 53.1. The first-order valence-electron chi connectivity index (χ1n) is 7.74. The van der Waals surface area contributed by atoms with Gasteiger partial charge in [-0.2, -0.15) is 0 Å². The van der Waals surface area contributed by atoms with Crippen LogP contribution >= 0.6 is 0 Å². The molecule has 0 spiro atoms. The van der Waals surface area contributed by atoms with Crippen LogP contribution in [0.4, 0.5) is 9.59 Å². The second-order valence-electron chi connectivity index (χ2n) is 5.43. The van der Waals surface area contributed by atoms with Gasteiger partial charge in [-0.25, -0.2) is 9.59 Å². The van der Waals surface area contributed by atoms with Crippen LogP contribution in [0.3, 0.4) is 0 Å². The van der Waals surface area contributed by atoms with E-state index in [2.05, 4.69) is 0 Å². The third-order valence-electron chi connectivity index (χ3n) is 4.02. The number of ether oxygens (including phenoxy) is 2. The summed E-state index contributed by atoms with van der Waals surface area (Å²) in [5.41, 5.74) is 0. The van der Waals surface area contributed by atoms with Crippen molar-refractivity contribution in [3.63, 3.8) is 0 Å². The second kappa shape index (κ2) is 6.93. The molecule has 0 radical (unpaired) electrons. The number of likely N-dealkylation sites (N-methyl/N-ethyl adjacent to an activating group) is 2. The van der Waals surface area contributed by atoms with Gasteiger partial charge >= 0.3 is 24.0 Å². The van der Waals surface area contributed by atoms with Crippen molar-refractivity contribution < 1.29 is 28.7 Å². The molecule has 2 fully saturated rings. The monoisotopic (exact) mass is 342 g/mol. The minimum absolute atomic E-state index is 0.219. The lowest BCUT2D eigenvalue weighted by atomic mass is 10.3. The number of carbonyl (C=O) groups is 4. The molecule has 2 aliphatic heterocycles. The summed E-state index contributed by atoms with van der Waals surface area (Å²) in [5, 5.41) is 0. The molecule has 0 aliphatic carbocycles. The smallest absolute Gasteiger partial charge is 0.328 e. The van der Waals surface area contributed by atoms with Crippen LogP contribution in [0.2, 0.25) is 0 Å². The number of nitrogens with zero attached hydrogens (tertiary/aromatic N) is 4. The van der Waals surface area contributed by atoms with Crippen LogP contribution in [0, 0.1) is 0 Å². The Morgan fingerprint density at radius 1 is 0.792 bits per heavy atom. The molecule has 0 bridgehead atoms. The molecule has 0 N–H and O–H groups in total. The zero-order valence-electron chi connectivity index (χ0n) is 14.2. The minimum atomic E-state index is -0.607. The SMILES string of the molecule is CCN1C(=O)N(CC)[C@@H]2[C@H]1N(COC(C)=O)C(=O)N2COC(C)=O. The number of urea groups is 2. The van der Waals surface area contributed by atoms with Crippen molar-refractivity contribution in [2.24, 2.45) is 0 Å². The first-order valence-corrected chi connectivity index (χ1v) is 7.74. The minimum Gasteiger partial charge on any atom is -0.444 e. The predicted molar refractivity (Wildman–Crippen MR) is 80.1 cm³/mol. The van der Waals surface area contributed by atoms with Gasteiger partial charge in [0.15, 0.2) is 25.8 Å². The van der Waals surface area contributed by atoms with Gasteiger partial charge in [-0.05, 0) is 13.8 Å². The summed E-state index contributed by atoms with van der Waals surface area (Å²) < 4.78 is 9.90. The van der Waals surface area contributed by atoms with E-state index in [4.69, 9.17) is 9.47 Å². The van der Waals surface area contributed by atoms with Crippen LogP contribution in [-0.2, 0) is 19.1 Å². The van der Waals surface area contributed by atoms with E-state index >= 15 is 0 Å². The Hall–Kier alpha value is -2.52. The van der Waals surface area contributed by atoms with Crippen LogP contribution in [0.5, 0.6) is 0 Å². The molecule has 0 aromatic carbocycles. The average Bonchev–Trinajstić information content (AvgIpc) is 2.93. The van der Waals surface area contributed by atoms with Gasteiger partial charge in [-0.1, -0.05) is 0 Å². The van der Waals surface area contributed by atoms with Crippen LogP contribution in [0.15, 0.2) is 0 Å². The van der Waals surface area contributed by atoms with Gasteiger partial charge in [0, 0.05) is 26.9 Å². The highest BCUT2D eigenvalue weighted by Gasteiger charge is 2.58. The molecule has 2 heterocycles. The van der Waals surface area contributed by atoms with Gasteiger partial charge in [0.1, 0.15) is 0 Å². The third kappa shape index (κ3) is 2.95. The normalized spacial score (nSPS) is 23.0. The Morgan fingerprint density at radius 3 is 1.42 bits per heavy atom. The van der Waals surface area contributed by atoms with Crippen molar-refractivity contribution in [1.82, 2.24) is 19.6 Å². The van der Waals surface area contributed by atoms with Gasteiger partial charge < -0.3 is 19.3 Å². The fraction of sp³-hybridized carbons (Fsp3) is 0.714. The Balaban J connectivity index is 2.32. The molecule has 0 saturated carbocycles. The third-order valence-corrected chi connectivity index (χ3v) is 4.02. The van der Waals surface area contributed by atoms with Crippen LogP contribution in [0.25, 0.3) is 0 Å². The molecule has 10 nitrogen and oxygen atoms in total. The van der Waals surface area contributed by atoms with Crippen molar-refractivity contribution >= 4 is 24.0 Å². The topological polar surface area (TPSA) is 99.7 Å². The quantitative estimate of drug-likeness (QED) is 0.639. The van der Waals surface area contributed by atoms with Crippen LogP contribution in [0.1, 0.15) is 27.7 Å².